The van der Waals surface area contributed by atoms with Crippen molar-refractivity contribution in [2.45, 2.75) is 6.92 Å². The fraction of sp³-hybridized carbons (Fsp3) is 0.0833. The van der Waals surface area contributed by atoms with Crippen molar-refractivity contribution >= 4 is 23.0 Å². The average Bonchev–Trinajstić information content (AvgIpc) is 2.61. The van der Waals surface area contributed by atoms with E-state index in [1.165, 1.54) is 0 Å². The SMILES string of the molecule is Cc1ccccc1-c1csc(C(=O)O)c1N. The Hall–Kier alpha value is -1.81. The van der Waals surface area contributed by atoms with Gasteiger partial charge in [-0.05, 0) is 18.1 Å². The molecule has 2 rings (SSSR count). The van der Waals surface area contributed by atoms with Crippen molar-refractivity contribution in [2.24, 2.45) is 0 Å². The minimum atomic E-state index is -0.970. The topological polar surface area (TPSA) is 63.3 Å². The van der Waals surface area contributed by atoms with Crippen LogP contribution in [0.4, 0.5) is 5.69 Å². The van der Waals surface area contributed by atoms with Gasteiger partial charge in [-0.25, -0.2) is 4.79 Å². The molecule has 0 aliphatic carbocycles. The van der Waals surface area contributed by atoms with Crippen LogP contribution in [-0.4, -0.2) is 11.1 Å². The summed E-state index contributed by atoms with van der Waals surface area (Å²) in [5.74, 6) is -0.970. The summed E-state index contributed by atoms with van der Waals surface area (Å²) in [4.78, 5) is 11.1. The normalized spacial score (nSPS) is 10.3. The number of nitrogens with two attached hydrogens (primary N) is 1. The number of carboxylic acids is 1. The summed E-state index contributed by atoms with van der Waals surface area (Å²) in [7, 11) is 0. The maximum Gasteiger partial charge on any atom is 0.348 e. The van der Waals surface area contributed by atoms with Crippen LogP contribution in [0.2, 0.25) is 0 Å². The summed E-state index contributed by atoms with van der Waals surface area (Å²) < 4.78 is 0. The molecule has 0 radical (unpaired) electrons. The van der Waals surface area contributed by atoms with E-state index in [1.54, 1.807) is 5.38 Å². The van der Waals surface area contributed by atoms with Gasteiger partial charge in [0.2, 0.25) is 0 Å². The van der Waals surface area contributed by atoms with Gasteiger partial charge in [-0.1, -0.05) is 24.3 Å². The smallest absolute Gasteiger partial charge is 0.348 e. The average molecular weight is 233 g/mol. The molecule has 0 amide bonds. The highest BCUT2D eigenvalue weighted by molar-refractivity contribution is 7.13. The van der Waals surface area contributed by atoms with Crippen molar-refractivity contribution in [3.05, 3.63) is 40.1 Å². The molecule has 0 unspecified atom stereocenters. The van der Waals surface area contributed by atoms with Crippen molar-refractivity contribution in [1.82, 2.24) is 0 Å². The first kappa shape index (κ1) is 10.7. The van der Waals surface area contributed by atoms with Crippen LogP contribution >= 0.6 is 11.3 Å². The molecule has 0 fully saturated rings. The van der Waals surface area contributed by atoms with Gasteiger partial charge >= 0.3 is 5.97 Å². The molecule has 1 heterocycles. The predicted molar refractivity (Wildman–Crippen MR) is 65.9 cm³/mol. The minimum absolute atomic E-state index is 0.207. The van der Waals surface area contributed by atoms with Gasteiger partial charge in [0.1, 0.15) is 4.88 Å². The van der Waals surface area contributed by atoms with E-state index in [9.17, 15) is 4.79 Å². The maximum atomic E-state index is 10.9. The van der Waals surface area contributed by atoms with E-state index in [0.717, 1.165) is 28.0 Å². The molecule has 1 aromatic heterocycles. The Balaban J connectivity index is 2.58. The number of nitrogen functional groups attached to an aromatic ring is 1. The van der Waals surface area contributed by atoms with Crippen molar-refractivity contribution in [3.63, 3.8) is 0 Å². The third-order valence-electron chi connectivity index (χ3n) is 2.46. The molecule has 3 N–H and O–H groups in total. The Bertz CT molecular complexity index is 546. The second-order valence-electron chi connectivity index (χ2n) is 3.51. The molecular weight excluding hydrogens is 222 g/mol. The second kappa shape index (κ2) is 3.98. The zero-order chi connectivity index (χ0) is 11.7. The van der Waals surface area contributed by atoms with Crippen LogP contribution in [0.15, 0.2) is 29.6 Å². The van der Waals surface area contributed by atoms with Crippen LogP contribution in [0.3, 0.4) is 0 Å². The first-order valence-electron chi connectivity index (χ1n) is 4.77. The van der Waals surface area contributed by atoms with Crippen LogP contribution in [-0.2, 0) is 0 Å². The first-order valence-corrected chi connectivity index (χ1v) is 5.65. The Morgan fingerprint density at radius 3 is 2.56 bits per heavy atom. The van der Waals surface area contributed by atoms with Gasteiger partial charge in [0.15, 0.2) is 0 Å². The predicted octanol–water partition coefficient (Wildman–Crippen LogP) is 3.00. The summed E-state index contributed by atoms with van der Waals surface area (Å²) in [5, 5.41) is 10.7. The molecule has 1 aromatic carbocycles. The number of carbonyl (C=O) groups is 1. The number of hydrogen-bond donors (Lipinski definition) is 2. The number of thiophene rings is 1. The highest BCUT2D eigenvalue weighted by Gasteiger charge is 2.16. The van der Waals surface area contributed by atoms with Gasteiger partial charge in [0.05, 0.1) is 5.69 Å². The Morgan fingerprint density at radius 1 is 1.31 bits per heavy atom. The van der Waals surface area contributed by atoms with E-state index in [1.807, 2.05) is 31.2 Å². The number of anilines is 1. The third kappa shape index (κ3) is 1.67. The molecule has 2 aromatic rings. The molecule has 0 spiro atoms. The lowest BCUT2D eigenvalue weighted by molar-refractivity contribution is 0.0703. The zero-order valence-electron chi connectivity index (χ0n) is 8.73. The number of benzene rings is 1. The molecule has 16 heavy (non-hydrogen) atoms. The Morgan fingerprint density at radius 2 is 2.00 bits per heavy atom. The molecule has 4 heteroatoms. The Labute approximate surface area is 97.2 Å². The fourth-order valence-electron chi connectivity index (χ4n) is 1.62. The first-order chi connectivity index (χ1) is 7.61. The van der Waals surface area contributed by atoms with Gasteiger partial charge in [0.25, 0.3) is 0 Å². The van der Waals surface area contributed by atoms with Crippen LogP contribution in [0.25, 0.3) is 11.1 Å². The molecule has 82 valence electrons. The largest absolute Gasteiger partial charge is 0.477 e. The van der Waals surface area contributed by atoms with E-state index in [2.05, 4.69) is 0 Å². The van der Waals surface area contributed by atoms with E-state index in [-0.39, 0.29) is 4.88 Å². The zero-order valence-corrected chi connectivity index (χ0v) is 9.54. The molecule has 0 saturated carbocycles. The van der Waals surface area contributed by atoms with Crippen molar-refractivity contribution in [1.29, 1.82) is 0 Å². The summed E-state index contributed by atoms with van der Waals surface area (Å²) in [5.41, 5.74) is 9.07. The number of hydrogen-bond acceptors (Lipinski definition) is 3. The summed E-state index contributed by atoms with van der Waals surface area (Å²) in [6, 6.07) is 7.78. The maximum absolute atomic E-state index is 10.9. The van der Waals surface area contributed by atoms with Gasteiger partial charge in [-0.15, -0.1) is 11.3 Å². The standard InChI is InChI=1S/C12H11NO2S/c1-7-4-2-3-5-8(7)9-6-16-11(10(9)13)12(14)15/h2-6H,13H2,1H3,(H,14,15). The highest BCUT2D eigenvalue weighted by atomic mass is 32.1. The summed E-state index contributed by atoms with van der Waals surface area (Å²) >= 11 is 1.16. The van der Waals surface area contributed by atoms with E-state index in [4.69, 9.17) is 10.8 Å². The second-order valence-corrected chi connectivity index (χ2v) is 4.39. The quantitative estimate of drug-likeness (QED) is 0.838. The van der Waals surface area contributed by atoms with E-state index in [0.29, 0.717) is 5.69 Å². The lowest BCUT2D eigenvalue weighted by Gasteiger charge is -2.04. The lowest BCUT2D eigenvalue weighted by atomic mass is 10.0. The summed E-state index contributed by atoms with van der Waals surface area (Å²) in [6.07, 6.45) is 0. The fourth-order valence-corrected chi connectivity index (χ4v) is 2.44. The van der Waals surface area contributed by atoms with Gasteiger partial charge in [-0.3, -0.25) is 0 Å². The number of rotatable bonds is 2. The van der Waals surface area contributed by atoms with Crippen LogP contribution in [0.1, 0.15) is 15.2 Å². The van der Waals surface area contributed by atoms with Crippen LogP contribution in [0, 0.1) is 6.92 Å². The minimum Gasteiger partial charge on any atom is -0.477 e. The molecular formula is C12H11NO2S. The molecule has 0 saturated heterocycles. The van der Waals surface area contributed by atoms with E-state index >= 15 is 0 Å². The number of aryl methyl sites for hydroxylation is 1. The molecule has 0 atom stereocenters. The van der Waals surface area contributed by atoms with Crippen molar-refractivity contribution in [3.8, 4) is 11.1 Å². The third-order valence-corrected chi connectivity index (χ3v) is 3.44. The van der Waals surface area contributed by atoms with E-state index < -0.39 is 5.97 Å². The van der Waals surface area contributed by atoms with Gasteiger partial charge in [0, 0.05) is 10.9 Å². The van der Waals surface area contributed by atoms with Crippen LogP contribution in [0.5, 0.6) is 0 Å². The van der Waals surface area contributed by atoms with Gasteiger partial charge in [-0.2, -0.15) is 0 Å². The van der Waals surface area contributed by atoms with Crippen LogP contribution < -0.4 is 5.73 Å². The van der Waals surface area contributed by atoms with Gasteiger partial charge < -0.3 is 10.8 Å². The van der Waals surface area contributed by atoms with Crippen molar-refractivity contribution < 1.29 is 9.90 Å². The van der Waals surface area contributed by atoms with Crippen molar-refractivity contribution in [2.75, 3.05) is 5.73 Å². The number of carboxylic acid groups (broad SMARTS) is 1. The molecule has 0 bridgehead atoms. The lowest BCUT2D eigenvalue weighted by Crippen LogP contribution is -1.98. The number of aromatic carboxylic acids is 1. The molecule has 0 aliphatic heterocycles. The molecule has 3 nitrogen and oxygen atoms in total. The Kier molecular flexibility index (Phi) is 2.66. The monoisotopic (exact) mass is 233 g/mol. The highest BCUT2D eigenvalue weighted by Crippen LogP contribution is 2.35. The summed E-state index contributed by atoms with van der Waals surface area (Å²) in [6.45, 7) is 1.98. The molecule has 0 aliphatic rings.